The van der Waals surface area contributed by atoms with E-state index in [1.54, 1.807) is 0 Å². The van der Waals surface area contributed by atoms with E-state index in [1.807, 2.05) is 6.92 Å². The van der Waals surface area contributed by atoms with Crippen molar-refractivity contribution in [3.63, 3.8) is 0 Å². The molecule has 4 heteroatoms. The molecular weight excluding hydrogens is 254 g/mol. The highest BCUT2D eigenvalue weighted by molar-refractivity contribution is 5.84. The van der Waals surface area contributed by atoms with Crippen LogP contribution in [0.25, 0.3) is 0 Å². The molecule has 4 bridgehead atoms. The molecule has 0 radical (unpaired) electrons. The number of carboxylic acids is 1. The molecule has 2 N–H and O–H groups in total. The lowest BCUT2D eigenvalue weighted by atomic mass is 9.49. The fraction of sp³-hybridized carbons (Fsp3) is 0.875. The summed E-state index contributed by atoms with van der Waals surface area (Å²) in [5, 5.41) is 11.9. The molecule has 1 atom stereocenters. The van der Waals surface area contributed by atoms with E-state index in [-0.39, 0.29) is 23.8 Å². The third-order valence-electron chi connectivity index (χ3n) is 5.77. The highest BCUT2D eigenvalue weighted by atomic mass is 16.4. The van der Waals surface area contributed by atoms with E-state index in [0.29, 0.717) is 6.42 Å². The summed E-state index contributed by atoms with van der Waals surface area (Å²) in [6, 6.07) is -0.215. The van der Waals surface area contributed by atoms with Crippen molar-refractivity contribution >= 4 is 11.9 Å². The summed E-state index contributed by atoms with van der Waals surface area (Å²) < 4.78 is 0. The van der Waals surface area contributed by atoms with Gasteiger partial charge in [-0.1, -0.05) is 6.92 Å². The Hall–Kier alpha value is -1.06. The summed E-state index contributed by atoms with van der Waals surface area (Å²) in [5.74, 6) is 1.54. The van der Waals surface area contributed by atoms with Crippen LogP contribution < -0.4 is 5.32 Å². The van der Waals surface area contributed by atoms with Crippen LogP contribution in [0.2, 0.25) is 0 Å². The molecule has 0 spiro atoms. The maximum Gasteiger partial charge on any atom is 0.305 e. The molecule has 4 aliphatic carbocycles. The molecule has 0 heterocycles. The summed E-state index contributed by atoms with van der Waals surface area (Å²) in [6.07, 6.45) is 7.78. The zero-order valence-corrected chi connectivity index (χ0v) is 12.2. The summed E-state index contributed by atoms with van der Waals surface area (Å²) in [4.78, 5) is 23.6. The van der Waals surface area contributed by atoms with Crippen molar-refractivity contribution in [2.45, 2.75) is 64.3 Å². The molecule has 4 nitrogen and oxygen atoms in total. The third-order valence-corrected chi connectivity index (χ3v) is 5.77. The summed E-state index contributed by atoms with van der Waals surface area (Å²) in [6.45, 7) is 1.94. The van der Waals surface area contributed by atoms with Crippen LogP contribution >= 0.6 is 0 Å². The SMILES string of the molecule is CCC(CC(=O)O)NC(=O)C12CC3CC(CC(C3)C1)C2. The van der Waals surface area contributed by atoms with Gasteiger partial charge in [0.05, 0.1) is 6.42 Å². The Balaban J connectivity index is 1.68. The van der Waals surface area contributed by atoms with E-state index in [9.17, 15) is 9.59 Å². The van der Waals surface area contributed by atoms with Crippen molar-refractivity contribution in [1.82, 2.24) is 5.32 Å². The number of hydrogen-bond acceptors (Lipinski definition) is 2. The lowest BCUT2D eigenvalue weighted by molar-refractivity contribution is -0.147. The van der Waals surface area contributed by atoms with Crippen LogP contribution in [0, 0.1) is 23.2 Å². The highest BCUT2D eigenvalue weighted by Crippen LogP contribution is 2.60. The summed E-state index contributed by atoms with van der Waals surface area (Å²) in [7, 11) is 0. The lowest BCUT2D eigenvalue weighted by Gasteiger charge is -2.55. The monoisotopic (exact) mass is 279 g/mol. The first-order valence-corrected chi connectivity index (χ1v) is 8.03. The Bertz CT molecular complexity index is 383. The minimum absolute atomic E-state index is 0.0363. The molecule has 0 aliphatic heterocycles. The fourth-order valence-corrected chi connectivity index (χ4v) is 5.24. The number of rotatable bonds is 5. The Morgan fingerprint density at radius 1 is 1.15 bits per heavy atom. The second kappa shape index (κ2) is 5.05. The molecule has 1 amide bonds. The fourth-order valence-electron chi connectivity index (χ4n) is 5.24. The summed E-state index contributed by atoms with van der Waals surface area (Å²) in [5.41, 5.74) is -0.166. The molecular formula is C16H25NO3. The largest absolute Gasteiger partial charge is 0.481 e. The standard InChI is InChI=1S/C16H25NO3/c1-2-13(6-14(18)19)17-15(20)16-7-10-3-11(8-16)5-12(4-10)9-16/h10-13H,2-9H2,1H3,(H,17,20)(H,18,19). The van der Waals surface area contributed by atoms with Crippen LogP contribution in [-0.2, 0) is 9.59 Å². The maximum atomic E-state index is 12.7. The van der Waals surface area contributed by atoms with Gasteiger partial charge in [0, 0.05) is 11.5 Å². The van der Waals surface area contributed by atoms with Crippen LogP contribution in [0.1, 0.15) is 58.3 Å². The molecule has 1 unspecified atom stereocenters. The van der Waals surface area contributed by atoms with Gasteiger partial charge in [0.2, 0.25) is 5.91 Å². The molecule has 0 aromatic heterocycles. The van der Waals surface area contributed by atoms with Gasteiger partial charge < -0.3 is 10.4 Å². The lowest BCUT2D eigenvalue weighted by Crippen LogP contribution is -2.55. The third kappa shape index (κ3) is 2.45. The minimum Gasteiger partial charge on any atom is -0.481 e. The zero-order chi connectivity index (χ0) is 14.3. The number of carbonyl (C=O) groups is 2. The van der Waals surface area contributed by atoms with Crippen molar-refractivity contribution < 1.29 is 14.7 Å². The van der Waals surface area contributed by atoms with Crippen molar-refractivity contribution in [1.29, 1.82) is 0 Å². The first kappa shape index (κ1) is 13.9. The highest BCUT2D eigenvalue weighted by Gasteiger charge is 2.54. The van der Waals surface area contributed by atoms with Crippen molar-refractivity contribution in [2.75, 3.05) is 0 Å². The van der Waals surface area contributed by atoms with E-state index in [0.717, 1.165) is 37.0 Å². The number of nitrogens with one attached hydrogen (secondary N) is 1. The second-order valence-corrected chi connectivity index (χ2v) is 7.37. The Morgan fingerprint density at radius 2 is 1.65 bits per heavy atom. The van der Waals surface area contributed by atoms with Gasteiger partial charge in [-0.25, -0.2) is 0 Å². The number of amides is 1. The predicted octanol–water partition coefficient (Wildman–Crippen LogP) is 2.57. The van der Waals surface area contributed by atoms with E-state index in [2.05, 4.69) is 5.32 Å². The quantitative estimate of drug-likeness (QED) is 0.813. The number of carboxylic acid groups (broad SMARTS) is 1. The van der Waals surface area contributed by atoms with Crippen LogP contribution in [0.5, 0.6) is 0 Å². The van der Waals surface area contributed by atoms with Crippen molar-refractivity contribution in [3.8, 4) is 0 Å². The Morgan fingerprint density at radius 3 is 2.05 bits per heavy atom. The van der Waals surface area contributed by atoms with Crippen LogP contribution in [0.4, 0.5) is 0 Å². The molecule has 4 fully saturated rings. The first-order chi connectivity index (χ1) is 9.50. The average molecular weight is 279 g/mol. The van der Waals surface area contributed by atoms with E-state index < -0.39 is 5.97 Å². The van der Waals surface area contributed by atoms with Crippen LogP contribution in [-0.4, -0.2) is 23.0 Å². The van der Waals surface area contributed by atoms with E-state index in [1.165, 1.54) is 19.3 Å². The maximum absolute atomic E-state index is 12.7. The topological polar surface area (TPSA) is 66.4 Å². The molecule has 0 saturated heterocycles. The molecule has 112 valence electrons. The number of carbonyl (C=O) groups excluding carboxylic acids is 1. The normalized spacial score (nSPS) is 39.5. The van der Waals surface area contributed by atoms with Gasteiger partial charge >= 0.3 is 5.97 Å². The average Bonchev–Trinajstić information content (AvgIpc) is 2.35. The molecule has 0 aromatic carbocycles. The molecule has 4 saturated carbocycles. The predicted molar refractivity (Wildman–Crippen MR) is 75.1 cm³/mol. The molecule has 20 heavy (non-hydrogen) atoms. The van der Waals surface area contributed by atoms with Crippen molar-refractivity contribution in [2.24, 2.45) is 23.2 Å². The van der Waals surface area contributed by atoms with Crippen LogP contribution in [0.15, 0.2) is 0 Å². The van der Waals surface area contributed by atoms with Crippen LogP contribution in [0.3, 0.4) is 0 Å². The first-order valence-electron chi connectivity index (χ1n) is 8.03. The van der Waals surface area contributed by atoms with Crippen molar-refractivity contribution in [3.05, 3.63) is 0 Å². The van der Waals surface area contributed by atoms with Gasteiger partial charge in [0.25, 0.3) is 0 Å². The van der Waals surface area contributed by atoms with E-state index in [4.69, 9.17) is 5.11 Å². The van der Waals surface area contributed by atoms with Gasteiger partial charge in [0.1, 0.15) is 0 Å². The molecule has 4 rings (SSSR count). The minimum atomic E-state index is -0.831. The zero-order valence-electron chi connectivity index (χ0n) is 12.2. The number of aliphatic carboxylic acids is 1. The number of hydrogen-bond donors (Lipinski definition) is 2. The van der Waals surface area contributed by atoms with Gasteiger partial charge in [-0.15, -0.1) is 0 Å². The van der Waals surface area contributed by atoms with E-state index >= 15 is 0 Å². The van der Waals surface area contributed by atoms with Gasteiger partial charge in [0.15, 0.2) is 0 Å². The Labute approximate surface area is 120 Å². The van der Waals surface area contributed by atoms with Gasteiger partial charge in [-0.3, -0.25) is 9.59 Å². The smallest absolute Gasteiger partial charge is 0.305 e. The molecule has 4 aliphatic rings. The van der Waals surface area contributed by atoms with Gasteiger partial charge in [-0.2, -0.15) is 0 Å². The molecule has 0 aromatic rings. The van der Waals surface area contributed by atoms with Gasteiger partial charge in [-0.05, 0) is 62.7 Å². The Kier molecular flexibility index (Phi) is 3.51. The second-order valence-electron chi connectivity index (χ2n) is 7.37. The summed E-state index contributed by atoms with van der Waals surface area (Å²) >= 11 is 0.